The quantitative estimate of drug-likeness (QED) is 0.453. The first kappa shape index (κ1) is 21.0. The monoisotopic (exact) mass is 434 g/mol. The van der Waals surface area contributed by atoms with Crippen molar-refractivity contribution in [2.24, 2.45) is 0 Å². The van der Waals surface area contributed by atoms with Crippen molar-refractivity contribution in [1.29, 1.82) is 0 Å². The molecule has 2 aromatic heterocycles. The van der Waals surface area contributed by atoms with Gasteiger partial charge in [-0.15, -0.1) is 0 Å². The van der Waals surface area contributed by atoms with Crippen molar-refractivity contribution in [1.82, 2.24) is 24.3 Å². The topological polar surface area (TPSA) is 113 Å². The minimum absolute atomic E-state index is 0.161. The Labute approximate surface area is 183 Å². The number of aryl methyl sites for hydroxylation is 1. The van der Waals surface area contributed by atoms with Crippen LogP contribution in [0.4, 0.5) is 5.69 Å². The third-order valence-corrected chi connectivity index (χ3v) is 4.98. The fourth-order valence-electron chi connectivity index (χ4n) is 3.38. The Bertz CT molecular complexity index is 1300. The second-order valence-electron chi connectivity index (χ2n) is 6.98. The number of ether oxygens (including phenoxy) is 2. The van der Waals surface area contributed by atoms with Gasteiger partial charge in [0.2, 0.25) is 5.91 Å². The molecule has 0 aliphatic carbocycles. The van der Waals surface area contributed by atoms with Crippen molar-refractivity contribution in [2.45, 2.75) is 19.4 Å². The van der Waals surface area contributed by atoms with Crippen molar-refractivity contribution < 1.29 is 14.3 Å². The summed E-state index contributed by atoms with van der Waals surface area (Å²) in [7, 11) is 3.04. The standard InChI is InChI=1S/C22H22N6O4/c1-31-19-10-15-17(11-20(19)32-2)24-14-27(22(15)30)9-5-8-21(29)26-16-6-3-4-7-18(16)28-13-23-12-25-28/h3-4,6-7,10-14H,5,8-9H2,1-2H3,(H,26,29). The van der Waals surface area contributed by atoms with E-state index in [1.54, 1.807) is 29.2 Å². The Morgan fingerprint density at radius 3 is 2.62 bits per heavy atom. The number of nitrogens with one attached hydrogen (secondary N) is 1. The summed E-state index contributed by atoms with van der Waals surface area (Å²) in [4.78, 5) is 33.6. The lowest BCUT2D eigenvalue weighted by Gasteiger charge is -2.12. The molecule has 0 fully saturated rings. The largest absolute Gasteiger partial charge is 0.493 e. The number of anilines is 1. The maximum absolute atomic E-state index is 12.8. The molecule has 0 saturated carbocycles. The summed E-state index contributed by atoms with van der Waals surface area (Å²) in [6.45, 7) is 0.355. The molecule has 10 nitrogen and oxygen atoms in total. The average molecular weight is 434 g/mol. The van der Waals surface area contributed by atoms with Crippen LogP contribution in [0.3, 0.4) is 0 Å². The van der Waals surface area contributed by atoms with Gasteiger partial charge in [0, 0.05) is 19.0 Å². The number of fused-ring (bicyclic) bond motifs is 1. The average Bonchev–Trinajstić information content (AvgIpc) is 3.35. The summed E-state index contributed by atoms with van der Waals surface area (Å²) < 4.78 is 13.6. The fraction of sp³-hybridized carbons (Fsp3) is 0.227. The molecule has 0 spiro atoms. The summed E-state index contributed by atoms with van der Waals surface area (Å²) in [5.41, 5.74) is 1.67. The number of benzene rings is 2. The molecule has 0 radical (unpaired) electrons. The summed E-state index contributed by atoms with van der Waals surface area (Å²) in [6.07, 6.45) is 5.18. The van der Waals surface area contributed by atoms with Gasteiger partial charge in [-0.05, 0) is 24.6 Å². The zero-order valence-corrected chi connectivity index (χ0v) is 17.7. The van der Waals surface area contributed by atoms with Gasteiger partial charge >= 0.3 is 0 Å². The molecule has 0 unspecified atom stereocenters. The minimum Gasteiger partial charge on any atom is -0.493 e. The van der Waals surface area contributed by atoms with Gasteiger partial charge in [0.1, 0.15) is 12.7 Å². The highest BCUT2D eigenvalue weighted by molar-refractivity contribution is 5.92. The Morgan fingerprint density at radius 1 is 1.09 bits per heavy atom. The molecule has 0 saturated heterocycles. The molecule has 4 aromatic rings. The van der Waals surface area contributed by atoms with Crippen LogP contribution in [0.15, 0.2) is 60.2 Å². The van der Waals surface area contributed by atoms with Gasteiger partial charge in [-0.2, -0.15) is 5.10 Å². The predicted molar refractivity (Wildman–Crippen MR) is 118 cm³/mol. The molecule has 0 aliphatic heterocycles. The lowest BCUT2D eigenvalue weighted by Crippen LogP contribution is -2.22. The molecule has 0 bridgehead atoms. The fourth-order valence-corrected chi connectivity index (χ4v) is 3.38. The number of nitrogens with zero attached hydrogens (tertiary/aromatic N) is 5. The first-order chi connectivity index (χ1) is 15.6. The van der Waals surface area contributed by atoms with Crippen LogP contribution in [0.25, 0.3) is 16.6 Å². The first-order valence-electron chi connectivity index (χ1n) is 9.95. The maximum Gasteiger partial charge on any atom is 0.261 e. The van der Waals surface area contributed by atoms with Crippen molar-refractivity contribution in [3.63, 3.8) is 0 Å². The van der Waals surface area contributed by atoms with E-state index < -0.39 is 0 Å². The molecule has 164 valence electrons. The Morgan fingerprint density at radius 2 is 1.88 bits per heavy atom. The van der Waals surface area contributed by atoms with E-state index in [-0.39, 0.29) is 17.9 Å². The van der Waals surface area contributed by atoms with E-state index in [0.29, 0.717) is 41.1 Å². The molecule has 2 heterocycles. The molecule has 0 atom stereocenters. The van der Waals surface area contributed by atoms with Crippen LogP contribution in [0.1, 0.15) is 12.8 Å². The number of hydrogen-bond acceptors (Lipinski definition) is 7. The summed E-state index contributed by atoms with van der Waals surface area (Å²) in [6, 6.07) is 10.6. The maximum atomic E-state index is 12.8. The Balaban J connectivity index is 1.43. The van der Waals surface area contributed by atoms with Crippen LogP contribution in [0.5, 0.6) is 11.5 Å². The van der Waals surface area contributed by atoms with Crippen LogP contribution in [0.2, 0.25) is 0 Å². The zero-order valence-electron chi connectivity index (χ0n) is 17.7. The van der Waals surface area contributed by atoms with Gasteiger partial charge in [-0.1, -0.05) is 12.1 Å². The lowest BCUT2D eigenvalue weighted by atomic mass is 10.2. The second-order valence-corrected chi connectivity index (χ2v) is 6.98. The van der Waals surface area contributed by atoms with Gasteiger partial charge in [-0.25, -0.2) is 14.6 Å². The molecule has 32 heavy (non-hydrogen) atoms. The first-order valence-corrected chi connectivity index (χ1v) is 9.95. The highest BCUT2D eigenvalue weighted by Gasteiger charge is 2.12. The van der Waals surface area contributed by atoms with E-state index in [9.17, 15) is 9.59 Å². The number of carbonyl (C=O) groups is 1. The van der Waals surface area contributed by atoms with E-state index in [0.717, 1.165) is 5.69 Å². The van der Waals surface area contributed by atoms with E-state index in [1.807, 2.05) is 18.2 Å². The third-order valence-electron chi connectivity index (χ3n) is 4.98. The van der Waals surface area contributed by atoms with Crippen molar-refractivity contribution >= 4 is 22.5 Å². The molecule has 0 aliphatic rings. The van der Waals surface area contributed by atoms with E-state index in [1.165, 1.54) is 31.4 Å². The number of aromatic nitrogens is 5. The van der Waals surface area contributed by atoms with Gasteiger partial charge in [0.25, 0.3) is 5.56 Å². The van der Waals surface area contributed by atoms with E-state index in [2.05, 4.69) is 20.4 Å². The van der Waals surface area contributed by atoms with Gasteiger partial charge in [0.15, 0.2) is 11.5 Å². The normalized spacial score (nSPS) is 10.8. The van der Waals surface area contributed by atoms with Crippen LogP contribution < -0.4 is 20.3 Å². The number of rotatable bonds is 8. The van der Waals surface area contributed by atoms with Gasteiger partial charge < -0.3 is 14.8 Å². The van der Waals surface area contributed by atoms with Gasteiger partial charge in [0.05, 0.1) is 42.8 Å². The van der Waals surface area contributed by atoms with Crippen LogP contribution >= 0.6 is 0 Å². The number of methoxy groups -OCH3 is 2. The van der Waals surface area contributed by atoms with Crippen LogP contribution in [-0.4, -0.2) is 44.4 Å². The molecule has 1 amide bonds. The molecule has 2 aromatic carbocycles. The second kappa shape index (κ2) is 9.29. The van der Waals surface area contributed by atoms with Crippen LogP contribution in [0, 0.1) is 0 Å². The van der Waals surface area contributed by atoms with E-state index >= 15 is 0 Å². The molecule has 10 heteroatoms. The molecular weight excluding hydrogens is 412 g/mol. The summed E-state index contributed by atoms with van der Waals surface area (Å²) >= 11 is 0. The number of amides is 1. The summed E-state index contributed by atoms with van der Waals surface area (Å²) in [5, 5.41) is 7.43. The number of carbonyl (C=O) groups excluding carboxylic acids is 1. The van der Waals surface area contributed by atoms with Crippen molar-refractivity contribution in [3.8, 4) is 17.2 Å². The minimum atomic E-state index is -0.201. The predicted octanol–water partition coefficient (Wildman–Crippen LogP) is 2.41. The molecular formula is C22H22N6O4. The smallest absolute Gasteiger partial charge is 0.261 e. The zero-order chi connectivity index (χ0) is 22.5. The van der Waals surface area contributed by atoms with Gasteiger partial charge in [-0.3, -0.25) is 14.2 Å². The number of hydrogen-bond donors (Lipinski definition) is 1. The van der Waals surface area contributed by atoms with Crippen LogP contribution in [-0.2, 0) is 11.3 Å². The molecule has 1 N–H and O–H groups in total. The Hall–Kier alpha value is -4.21. The lowest BCUT2D eigenvalue weighted by molar-refractivity contribution is -0.116. The number of para-hydroxylation sites is 2. The van der Waals surface area contributed by atoms with Crippen molar-refractivity contribution in [2.75, 3.05) is 19.5 Å². The molecule has 4 rings (SSSR count). The Kier molecular flexibility index (Phi) is 6.11. The van der Waals surface area contributed by atoms with Crippen molar-refractivity contribution in [3.05, 3.63) is 65.7 Å². The SMILES string of the molecule is COc1cc2ncn(CCCC(=O)Nc3ccccc3-n3cncn3)c(=O)c2cc1OC. The highest BCUT2D eigenvalue weighted by atomic mass is 16.5. The summed E-state index contributed by atoms with van der Waals surface area (Å²) in [5.74, 6) is 0.806. The third kappa shape index (κ3) is 4.29. The highest BCUT2D eigenvalue weighted by Crippen LogP contribution is 2.29. The van der Waals surface area contributed by atoms with E-state index in [4.69, 9.17) is 9.47 Å².